The van der Waals surface area contributed by atoms with Crippen molar-refractivity contribution in [1.29, 1.82) is 5.26 Å². The number of hydrogen-bond acceptors (Lipinski definition) is 4. The van der Waals surface area contributed by atoms with Crippen molar-refractivity contribution in [1.82, 2.24) is 4.98 Å². The van der Waals surface area contributed by atoms with Crippen molar-refractivity contribution in [3.63, 3.8) is 0 Å². The molecule has 0 aliphatic heterocycles. The first-order valence-electron chi connectivity index (χ1n) is 5.09. The summed E-state index contributed by atoms with van der Waals surface area (Å²) in [4.78, 5) is 5.24. The summed E-state index contributed by atoms with van der Waals surface area (Å²) in [6.45, 7) is 2.04. The minimum absolute atomic E-state index is 0.509. The molecule has 0 aliphatic carbocycles. The van der Waals surface area contributed by atoms with Crippen molar-refractivity contribution in [2.24, 2.45) is 0 Å². The van der Waals surface area contributed by atoms with Crippen LogP contribution in [-0.4, -0.2) is 4.98 Å². The van der Waals surface area contributed by atoms with Crippen molar-refractivity contribution >= 4 is 17.4 Å². The van der Waals surface area contributed by atoms with Gasteiger partial charge in [0.25, 0.3) is 0 Å². The van der Waals surface area contributed by atoms with Gasteiger partial charge in [-0.3, -0.25) is 0 Å². The minimum Gasteiger partial charge on any atom is -0.397 e. The molecule has 17 heavy (non-hydrogen) atoms. The van der Waals surface area contributed by atoms with Crippen LogP contribution in [-0.2, 0) is 0 Å². The molecule has 1 aromatic heterocycles. The molecule has 0 fully saturated rings. The molecule has 0 aliphatic rings. The van der Waals surface area contributed by atoms with Gasteiger partial charge in [-0.25, -0.2) is 4.98 Å². The highest BCUT2D eigenvalue weighted by molar-refractivity contribution is 7.99. The number of benzene rings is 1. The Bertz CT molecular complexity index is 570. The van der Waals surface area contributed by atoms with Crippen molar-refractivity contribution < 1.29 is 0 Å². The quantitative estimate of drug-likeness (QED) is 0.878. The van der Waals surface area contributed by atoms with E-state index in [-0.39, 0.29) is 0 Å². The fraction of sp³-hybridized carbons (Fsp3) is 0.0769. The van der Waals surface area contributed by atoms with Gasteiger partial charge in [0, 0.05) is 4.90 Å². The molecule has 0 spiro atoms. The van der Waals surface area contributed by atoms with Gasteiger partial charge in [0.1, 0.15) is 11.1 Å². The third kappa shape index (κ3) is 2.77. The molecular weight excluding hydrogens is 230 g/mol. The van der Waals surface area contributed by atoms with E-state index >= 15 is 0 Å². The van der Waals surface area contributed by atoms with Crippen molar-refractivity contribution in [2.75, 3.05) is 5.73 Å². The van der Waals surface area contributed by atoms with E-state index in [1.54, 1.807) is 12.3 Å². The lowest BCUT2D eigenvalue weighted by molar-refractivity contribution is 1.11. The van der Waals surface area contributed by atoms with Gasteiger partial charge in [0.2, 0.25) is 0 Å². The lowest BCUT2D eigenvalue weighted by Crippen LogP contribution is -1.91. The zero-order chi connectivity index (χ0) is 12.3. The second kappa shape index (κ2) is 4.89. The number of nitrogens with two attached hydrogens (primary N) is 1. The third-order valence-electron chi connectivity index (χ3n) is 2.23. The maximum Gasteiger partial charge on any atom is 0.119 e. The average Bonchev–Trinajstić information content (AvgIpc) is 2.34. The molecule has 0 bridgehead atoms. The molecule has 4 heteroatoms. The summed E-state index contributed by atoms with van der Waals surface area (Å²) < 4.78 is 0. The Morgan fingerprint density at radius 2 is 2.00 bits per heavy atom. The van der Waals surface area contributed by atoms with E-state index in [1.807, 2.05) is 31.2 Å². The van der Waals surface area contributed by atoms with Crippen LogP contribution in [0.2, 0.25) is 0 Å². The average molecular weight is 241 g/mol. The summed E-state index contributed by atoms with van der Waals surface area (Å²) in [5.74, 6) is 0. The Morgan fingerprint density at radius 1 is 1.29 bits per heavy atom. The number of anilines is 1. The van der Waals surface area contributed by atoms with E-state index in [1.165, 1.54) is 17.3 Å². The van der Waals surface area contributed by atoms with Gasteiger partial charge < -0.3 is 5.73 Å². The molecule has 0 saturated carbocycles. The smallest absolute Gasteiger partial charge is 0.119 e. The largest absolute Gasteiger partial charge is 0.397 e. The molecule has 3 nitrogen and oxygen atoms in total. The third-order valence-corrected chi connectivity index (χ3v) is 3.25. The van der Waals surface area contributed by atoms with Crippen LogP contribution in [0.3, 0.4) is 0 Å². The van der Waals surface area contributed by atoms with Crippen LogP contribution in [0.1, 0.15) is 11.1 Å². The number of pyridine rings is 1. The molecule has 0 saturated heterocycles. The Morgan fingerprint density at radius 3 is 2.65 bits per heavy atom. The summed E-state index contributed by atoms with van der Waals surface area (Å²) in [5, 5.41) is 9.69. The second-order valence-electron chi connectivity index (χ2n) is 3.65. The van der Waals surface area contributed by atoms with Gasteiger partial charge in [-0.1, -0.05) is 29.5 Å². The van der Waals surface area contributed by atoms with E-state index in [0.29, 0.717) is 16.3 Å². The number of nitrogens with zero attached hydrogens (tertiary/aromatic N) is 2. The second-order valence-corrected chi connectivity index (χ2v) is 4.71. The lowest BCUT2D eigenvalue weighted by atomic mass is 10.2. The number of rotatable bonds is 2. The van der Waals surface area contributed by atoms with Gasteiger partial charge in [0.15, 0.2) is 0 Å². The summed E-state index contributed by atoms with van der Waals surface area (Å²) in [5.41, 5.74) is 7.82. The van der Waals surface area contributed by atoms with Crippen LogP contribution in [0.25, 0.3) is 0 Å². The van der Waals surface area contributed by atoms with E-state index in [9.17, 15) is 0 Å². The summed E-state index contributed by atoms with van der Waals surface area (Å²) in [6, 6.07) is 11.8. The van der Waals surface area contributed by atoms with Gasteiger partial charge in [-0.2, -0.15) is 5.26 Å². The number of hydrogen-bond donors (Lipinski definition) is 1. The molecule has 84 valence electrons. The molecule has 0 amide bonds. The first-order valence-corrected chi connectivity index (χ1v) is 5.91. The highest BCUT2D eigenvalue weighted by Crippen LogP contribution is 2.29. The first kappa shape index (κ1) is 11.5. The summed E-state index contributed by atoms with van der Waals surface area (Å²) >= 11 is 1.47. The van der Waals surface area contributed by atoms with Crippen molar-refractivity contribution in [2.45, 2.75) is 16.8 Å². The standard InChI is InChI=1S/C13H11N3S/c1-9-2-4-12(5-3-9)17-13-10(7-14)6-11(15)8-16-13/h2-6,8H,15H2,1H3. The minimum atomic E-state index is 0.509. The fourth-order valence-corrected chi connectivity index (χ4v) is 2.16. The van der Waals surface area contributed by atoms with E-state index in [2.05, 4.69) is 11.1 Å². The SMILES string of the molecule is Cc1ccc(Sc2ncc(N)cc2C#N)cc1. The van der Waals surface area contributed by atoms with E-state index in [4.69, 9.17) is 11.0 Å². The Kier molecular flexibility index (Phi) is 3.31. The van der Waals surface area contributed by atoms with E-state index < -0.39 is 0 Å². The van der Waals surface area contributed by atoms with Gasteiger partial charge in [-0.15, -0.1) is 0 Å². The number of aryl methyl sites for hydroxylation is 1. The van der Waals surface area contributed by atoms with Crippen LogP contribution in [0.5, 0.6) is 0 Å². The molecule has 2 aromatic rings. The molecule has 2 N–H and O–H groups in total. The highest BCUT2D eigenvalue weighted by atomic mass is 32.2. The van der Waals surface area contributed by atoms with Crippen LogP contribution >= 0.6 is 11.8 Å². The predicted octanol–water partition coefficient (Wildman–Crippen LogP) is 3.00. The topological polar surface area (TPSA) is 62.7 Å². The summed E-state index contributed by atoms with van der Waals surface area (Å²) in [6.07, 6.45) is 1.57. The van der Waals surface area contributed by atoms with Crippen LogP contribution in [0, 0.1) is 18.3 Å². The highest BCUT2D eigenvalue weighted by Gasteiger charge is 2.06. The van der Waals surface area contributed by atoms with Crippen molar-refractivity contribution in [3.05, 3.63) is 47.7 Å². The van der Waals surface area contributed by atoms with Gasteiger partial charge in [0.05, 0.1) is 17.4 Å². The Hall–Kier alpha value is -1.99. The number of aromatic nitrogens is 1. The molecule has 0 radical (unpaired) electrons. The Balaban J connectivity index is 2.30. The zero-order valence-electron chi connectivity index (χ0n) is 9.34. The Labute approximate surface area is 104 Å². The lowest BCUT2D eigenvalue weighted by Gasteiger charge is -2.04. The maximum atomic E-state index is 9.01. The fourth-order valence-electron chi connectivity index (χ4n) is 1.35. The first-order chi connectivity index (χ1) is 8.19. The number of nitrogen functional groups attached to an aromatic ring is 1. The zero-order valence-corrected chi connectivity index (χ0v) is 10.2. The van der Waals surface area contributed by atoms with Crippen LogP contribution in [0.15, 0.2) is 46.5 Å². The molecule has 1 heterocycles. The molecule has 0 unspecified atom stereocenters. The summed E-state index contributed by atoms with van der Waals surface area (Å²) in [7, 11) is 0. The van der Waals surface area contributed by atoms with Crippen molar-refractivity contribution in [3.8, 4) is 6.07 Å². The maximum absolute atomic E-state index is 9.01. The van der Waals surface area contributed by atoms with E-state index in [0.717, 1.165) is 4.90 Å². The molecule has 1 aromatic carbocycles. The monoisotopic (exact) mass is 241 g/mol. The van der Waals surface area contributed by atoms with Crippen LogP contribution in [0.4, 0.5) is 5.69 Å². The predicted molar refractivity (Wildman–Crippen MR) is 68.7 cm³/mol. The molecular formula is C13H11N3S. The molecule has 2 rings (SSSR count). The van der Waals surface area contributed by atoms with Gasteiger partial charge in [-0.05, 0) is 25.1 Å². The van der Waals surface area contributed by atoms with Gasteiger partial charge >= 0.3 is 0 Å². The normalized spacial score (nSPS) is 9.88. The number of nitriles is 1. The van der Waals surface area contributed by atoms with Crippen LogP contribution < -0.4 is 5.73 Å². The molecule has 0 atom stereocenters.